The molecule has 0 fully saturated rings. The maximum absolute atomic E-state index is 11.7. The molecule has 16 heavy (non-hydrogen) atoms. The van der Waals surface area contributed by atoms with E-state index in [-0.39, 0.29) is 5.56 Å². The van der Waals surface area contributed by atoms with Crippen LogP contribution >= 0.6 is 0 Å². The summed E-state index contributed by atoms with van der Waals surface area (Å²) in [6.07, 6.45) is 2.82. The van der Waals surface area contributed by atoms with Gasteiger partial charge in [-0.25, -0.2) is 0 Å². The van der Waals surface area contributed by atoms with Gasteiger partial charge in [-0.3, -0.25) is 14.6 Å². The van der Waals surface area contributed by atoms with Gasteiger partial charge in [-0.2, -0.15) is 0 Å². The van der Waals surface area contributed by atoms with E-state index < -0.39 is 17.9 Å². The Balaban J connectivity index is 2.84. The summed E-state index contributed by atoms with van der Waals surface area (Å²) in [4.78, 5) is 26.0. The summed E-state index contributed by atoms with van der Waals surface area (Å²) < 4.78 is 4.94. The first-order chi connectivity index (χ1) is 7.56. The van der Waals surface area contributed by atoms with E-state index in [1.165, 1.54) is 32.5 Å². The Morgan fingerprint density at radius 2 is 2.25 bits per heavy atom. The predicted molar refractivity (Wildman–Crippen MR) is 55.4 cm³/mol. The quantitative estimate of drug-likeness (QED) is 0.767. The summed E-state index contributed by atoms with van der Waals surface area (Å²) in [5.41, 5.74) is 0.255. The molecule has 0 saturated heterocycles. The summed E-state index contributed by atoms with van der Waals surface area (Å²) in [7, 11) is 1.41. The molecule has 86 valence electrons. The number of pyridine rings is 1. The van der Waals surface area contributed by atoms with Crippen molar-refractivity contribution in [3.8, 4) is 5.75 Å². The second-order valence-electron chi connectivity index (χ2n) is 3.11. The average Bonchev–Trinajstić information content (AvgIpc) is 2.28. The highest BCUT2D eigenvalue weighted by molar-refractivity contribution is 5.98. The molecular weight excluding hydrogens is 212 g/mol. The number of carbonyl (C=O) groups is 2. The van der Waals surface area contributed by atoms with Gasteiger partial charge in [-0.05, 0) is 13.0 Å². The number of rotatable bonds is 4. The third-order valence-electron chi connectivity index (χ3n) is 1.97. The zero-order valence-corrected chi connectivity index (χ0v) is 8.93. The monoisotopic (exact) mass is 224 g/mol. The molecule has 1 aromatic heterocycles. The van der Waals surface area contributed by atoms with Crippen molar-refractivity contribution in [2.24, 2.45) is 0 Å². The second-order valence-corrected chi connectivity index (χ2v) is 3.11. The molecule has 2 N–H and O–H groups in total. The van der Waals surface area contributed by atoms with Crippen molar-refractivity contribution in [1.29, 1.82) is 0 Å². The summed E-state index contributed by atoms with van der Waals surface area (Å²) in [6.45, 7) is 1.38. The zero-order chi connectivity index (χ0) is 12.1. The first kappa shape index (κ1) is 12.0. The van der Waals surface area contributed by atoms with Gasteiger partial charge in [0.2, 0.25) is 0 Å². The highest BCUT2D eigenvalue weighted by Gasteiger charge is 2.17. The van der Waals surface area contributed by atoms with Gasteiger partial charge in [0.1, 0.15) is 11.8 Å². The third-order valence-corrected chi connectivity index (χ3v) is 1.97. The molecule has 0 aliphatic carbocycles. The average molecular weight is 224 g/mol. The standard InChI is InChI=1S/C10H12N2O4/c1-6(10(14)15)12-9(13)7-3-4-11-5-8(7)16-2/h3-6H,1-2H3,(H,12,13)(H,14,15)/t6-/m0/s1. The van der Waals surface area contributed by atoms with Gasteiger partial charge in [0.15, 0.2) is 0 Å². The number of nitrogens with one attached hydrogen (secondary N) is 1. The van der Waals surface area contributed by atoms with Crippen LogP contribution in [0.5, 0.6) is 5.75 Å². The van der Waals surface area contributed by atoms with Crippen LogP contribution in [0.4, 0.5) is 0 Å². The molecule has 1 heterocycles. The van der Waals surface area contributed by atoms with E-state index in [1.807, 2.05) is 0 Å². The first-order valence-corrected chi connectivity index (χ1v) is 4.58. The largest absolute Gasteiger partial charge is 0.494 e. The maximum Gasteiger partial charge on any atom is 0.325 e. The van der Waals surface area contributed by atoms with Crippen molar-refractivity contribution in [2.75, 3.05) is 7.11 Å². The molecule has 1 rings (SSSR count). The third kappa shape index (κ3) is 2.69. The SMILES string of the molecule is COc1cnccc1C(=O)N[C@@H](C)C(=O)O. The van der Waals surface area contributed by atoms with Crippen LogP contribution in [0, 0.1) is 0 Å². The molecule has 0 bridgehead atoms. The number of ether oxygens (including phenoxy) is 1. The summed E-state index contributed by atoms with van der Waals surface area (Å²) in [5, 5.41) is 11.0. The Bertz CT molecular complexity index is 406. The van der Waals surface area contributed by atoms with Crippen LogP contribution in [0.25, 0.3) is 0 Å². The molecule has 6 nitrogen and oxygen atoms in total. The number of carboxylic acids is 1. The number of amides is 1. The van der Waals surface area contributed by atoms with E-state index >= 15 is 0 Å². The van der Waals surface area contributed by atoms with Gasteiger partial charge in [0, 0.05) is 6.20 Å². The molecule has 1 amide bonds. The molecule has 1 atom stereocenters. The van der Waals surface area contributed by atoms with Crippen LogP contribution in [0.1, 0.15) is 17.3 Å². The van der Waals surface area contributed by atoms with E-state index in [2.05, 4.69) is 10.3 Å². The molecule has 6 heteroatoms. The van der Waals surface area contributed by atoms with E-state index in [4.69, 9.17) is 9.84 Å². The van der Waals surface area contributed by atoms with Crippen molar-refractivity contribution in [3.05, 3.63) is 24.0 Å². The Morgan fingerprint density at radius 3 is 2.81 bits per heavy atom. The molecule has 0 aromatic carbocycles. The van der Waals surface area contributed by atoms with Crippen molar-refractivity contribution in [2.45, 2.75) is 13.0 Å². The van der Waals surface area contributed by atoms with E-state index in [0.29, 0.717) is 5.75 Å². The van der Waals surface area contributed by atoms with Crippen molar-refractivity contribution >= 4 is 11.9 Å². The minimum Gasteiger partial charge on any atom is -0.494 e. The minimum absolute atomic E-state index is 0.255. The van der Waals surface area contributed by atoms with Gasteiger partial charge in [0.05, 0.1) is 18.9 Å². The van der Waals surface area contributed by atoms with Gasteiger partial charge in [-0.15, -0.1) is 0 Å². The smallest absolute Gasteiger partial charge is 0.325 e. The number of carboxylic acid groups (broad SMARTS) is 1. The lowest BCUT2D eigenvalue weighted by atomic mass is 10.2. The van der Waals surface area contributed by atoms with E-state index in [1.54, 1.807) is 0 Å². The van der Waals surface area contributed by atoms with Crippen LogP contribution < -0.4 is 10.1 Å². The van der Waals surface area contributed by atoms with Gasteiger partial charge >= 0.3 is 5.97 Å². The lowest BCUT2D eigenvalue weighted by Crippen LogP contribution is -2.38. The molecule has 0 aliphatic rings. The zero-order valence-electron chi connectivity index (χ0n) is 8.93. The van der Waals surface area contributed by atoms with Crippen LogP contribution in [0.15, 0.2) is 18.5 Å². The van der Waals surface area contributed by atoms with Crippen LogP contribution in [-0.4, -0.2) is 35.1 Å². The fourth-order valence-electron chi connectivity index (χ4n) is 1.07. The minimum atomic E-state index is -1.10. The maximum atomic E-state index is 11.7. The molecule has 0 radical (unpaired) electrons. The molecule has 0 unspecified atom stereocenters. The van der Waals surface area contributed by atoms with Crippen LogP contribution in [0.2, 0.25) is 0 Å². The summed E-state index contributed by atoms with van der Waals surface area (Å²) >= 11 is 0. The van der Waals surface area contributed by atoms with E-state index in [0.717, 1.165) is 0 Å². The molecular formula is C10H12N2O4. The lowest BCUT2D eigenvalue weighted by molar-refractivity contribution is -0.138. The van der Waals surface area contributed by atoms with Crippen molar-refractivity contribution < 1.29 is 19.4 Å². The van der Waals surface area contributed by atoms with Crippen LogP contribution in [-0.2, 0) is 4.79 Å². The first-order valence-electron chi connectivity index (χ1n) is 4.58. The summed E-state index contributed by atoms with van der Waals surface area (Å²) in [5.74, 6) is -1.30. The Hall–Kier alpha value is -2.11. The molecule has 0 saturated carbocycles. The number of hydrogen-bond donors (Lipinski definition) is 2. The number of carbonyl (C=O) groups excluding carboxylic acids is 1. The summed E-state index contributed by atoms with van der Waals surface area (Å²) in [6, 6.07) is 0.508. The fourth-order valence-corrected chi connectivity index (χ4v) is 1.07. The number of aliphatic carboxylic acids is 1. The number of hydrogen-bond acceptors (Lipinski definition) is 4. The Kier molecular flexibility index (Phi) is 3.82. The number of nitrogens with zero attached hydrogens (tertiary/aromatic N) is 1. The topological polar surface area (TPSA) is 88.5 Å². The second kappa shape index (κ2) is 5.11. The highest BCUT2D eigenvalue weighted by atomic mass is 16.5. The van der Waals surface area contributed by atoms with Crippen LogP contribution in [0.3, 0.4) is 0 Å². The normalized spacial score (nSPS) is 11.6. The fraction of sp³-hybridized carbons (Fsp3) is 0.300. The molecule has 0 aliphatic heterocycles. The van der Waals surface area contributed by atoms with Gasteiger partial charge in [-0.1, -0.05) is 0 Å². The number of methoxy groups -OCH3 is 1. The Morgan fingerprint density at radius 1 is 1.56 bits per heavy atom. The van der Waals surface area contributed by atoms with Crippen molar-refractivity contribution in [1.82, 2.24) is 10.3 Å². The molecule has 1 aromatic rings. The van der Waals surface area contributed by atoms with Crippen molar-refractivity contribution in [3.63, 3.8) is 0 Å². The lowest BCUT2D eigenvalue weighted by Gasteiger charge is -2.11. The number of aromatic nitrogens is 1. The predicted octanol–water partition coefficient (Wildman–Crippen LogP) is 0.293. The molecule has 0 spiro atoms. The van der Waals surface area contributed by atoms with Gasteiger partial charge < -0.3 is 15.2 Å². The Labute approximate surface area is 92.3 Å². The highest BCUT2D eigenvalue weighted by Crippen LogP contribution is 2.15. The van der Waals surface area contributed by atoms with E-state index in [9.17, 15) is 9.59 Å². The van der Waals surface area contributed by atoms with Gasteiger partial charge in [0.25, 0.3) is 5.91 Å².